The van der Waals surface area contributed by atoms with Crippen LogP contribution in [0.4, 0.5) is 54.3 Å². The molecule has 0 saturated carbocycles. The lowest BCUT2D eigenvalue weighted by atomic mass is 9.98. The van der Waals surface area contributed by atoms with E-state index >= 15 is 4.39 Å². The molecule has 37 heteroatoms. The average Bonchev–Trinajstić information content (AvgIpc) is 1.74. The topological polar surface area (TPSA) is 363 Å². The second-order valence-electron chi connectivity index (χ2n) is 22.4. The molecule has 4 aromatic heterocycles. The summed E-state index contributed by atoms with van der Waals surface area (Å²) in [4.78, 5) is 52.9. The van der Waals surface area contributed by atoms with Gasteiger partial charge in [0, 0.05) is 28.2 Å². The van der Waals surface area contributed by atoms with Crippen molar-refractivity contribution >= 4 is 78.4 Å². The number of carbonyl (C=O) groups excluding carboxylic acids is 2. The Balaban J connectivity index is 0.000000207. The molecule has 3 aromatic carbocycles. The van der Waals surface area contributed by atoms with Gasteiger partial charge in [-0.25, -0.2) is 50.4 Å². The van der Waals surface area contributed by atoms with Crippen LogP contribution in [0.5, 0.6) is 11.5 Å². The van der Waals surface area contributed by atoms with Gasteiger partial charge in [0.1, 0.15) is 53.3 Å². The average molecular weight is 1360 g/mol. The molecule has 0 unspecified atom stereocenters. The Morgan fingerprint density at radius 2 is 1.02 bits per heavy atom. The van der Waals surface area contributed by atoms with Crippen LogP contribution in [0.2, 0.25) is 0 Å². The van der Waals surface area contributed by atoms with Crippen LogP contribution >= 0.6 is 15.3 Å². The van der Waals surface area contributed by atoms with Crippen LogP contribution in [-0.4, -0.2) is 168 Å². The van der Waals surface area contributed by atoms with E-state index in [4.69, 9.17) is 44.0 Å². The molecular formula is C56H71F7N14O14P2. The number of alkyl halides is 2. The Kier molecular flexibility index (Phi) is 22.8. The Bertz CT molecular complexity index is 3850. The van der Waals surface area contributed by atoms with Gasteiger partial charge in [-0.1, -0.05) is 36.4 Å². The molecule has 6 heterocycles. The lowest BCUT2D eigenvalue weighted by Gasteiger charge is -2.25. The molecule has 508 valence electrons. The largest absolute Gasteiger partial charge is 0.462 e. The number of aromatic nitrogens is 8. The second-order valence-corrected chi connectivity index (χ2v) is 26.1. The molecule has 0 radical (unpaired) electrons. The fourth-order valence-electron chi connectivity index (χ4n) is 9.28. The van der Waals surface area contributed by atoms with E-state index in [-0.39, 0.29) is 29.0 Å². The van der Waals surface area contributed by atoms with Crippen LogP contribution in [0, 0.1) is 29.1 Å². The molecule has 2 aliphatic rings. The number of esters is 2. The maximum atomic E-state index is 16.0. The number of ether oxygens (including phenoxy) is 4. The number of carbonyl (C=O) groups is 2. The fraction of sp³-hybridized carbons (Fsp3) is 0.464. The van der Waals surface area contributed by atoms with Crippen LogP contribution in [0.3, 0.4) is 0 Å². The SMILES string of the molecule is CC(C)OC(=O)[C@H](C)N[P@@](=O)(OC[C@H]1O[C@@H](n2cnc3c(N(C)C)nc(N)nc32)[C@](C)(F)[C@@H]1O)Oc1ccccc1.CC(C)OC(=O)[C@H](C)N[P@@](=O)(Oc1ccccc1)c1c(F)c(F)c(F)c(F)c1F.CN(C)c1nc(N)nc2c1ncn2[C@@H]1O[C@H](CO)[C@@H](O)[C@@]1(C)F. The van der Waals surface area contributed by atoms with Gasteiger partial charge in [0.25, 0.3) is 0 Å². The van der Waals surface area contributed by atoms with E-state index < -0.39 is 147 Å². The number of rotatable bonds is 21. The highest BCUT2D eigenvalue weighted by atomic mass is 31.2. The summed E-state index contributed by atoms with van der Waals surface area (Å²) in [5, 5.41) is 33.0. The molecular weight excluding hydrogens is 1290 g/mol. The van der Waals surface area contributed by atoms with Gasteiger partial charge in [-0.15, -0.1) is 0 Å². The van der Waals surface area contributed by atoms with Gasteiger partial charge in [-0.05, 0) is 79.7 Å². The monoisotopic (exact) mass is 1360 g/mol. The van der Waals surface area contributed by atoms with Gasteiger partial charge in [-0.2, -0.15) is 25.0 Å². The summed E-state index contributed by atoms with van der Waals surface area (Å²) in [5.41, 5.74) is 8.40. The number of nitrogen functional groups attached to an aromatic ring is 2. The van der Waals surface area contributed by atoms with E-state index in [1.54, 1.807) is 88.2 Å². The van der Waals surface area contributed by atoms with Crippen molar-refractivity contribution < 1.29 is 97.3 Å². The van der Waals surface area contributed by atoms with E-state index in [9.17, 15) is 60.4 Å². The summed E-state index contributed by atoms with van der Waals surface area (Å²) in [6, 6.07) is 12.5. The van der Waals surface area contributed by atoms with Gasteiger partial charge in [0.05, 0.1) is 38.1 Å². The Morgan fingerprint density at radius 1 is 0.634 bits per heavy atom. The van der Waals surface area contributed by atoms with Crippen molar-refractivity contribution in [2.75, 3.05) is 62.7 Å². The molecule has 2 saturated heterocycles. The van der Waals surface area contributed by atoms with Crippen molar-refractivity contribution in [1.29, 1.82) is 0 Å². The molecule has 2 fully saturated rings. The van der Waals surface area contributed by atoms with Gasteiger partial charge in [-0.3, -0.25) is 27.8 Å². The number of anilines is 4. The molecule has 0 bridgehead atoms. The van der Waals surface area contributed by atoms with Crippen molar-refractivity contribution in [2.45, 2.75) is 128 Å². The van der Waals surface area contributed by atoms with Crippen molar-refractivity contribution in [3.63, 3.8) is 0 Å². The van der Waals surface area contributed by atoms with Crippen LogP contribution < -0.4 is 45.8 Å². The number of benzene rings is 3. The predicted molar refractivity (Wildman–Crippen MR) is 323 cm³/mol. The maximum absolute atomic E-state index is 16.0. The standard InChI is InChI=1S/C25H35FN7O7P.C18H17F5NO4P.C13H19FN6O3/c1-14(2)38-22(35)15(3)31-41(36,40-16-10-8-7-9-11-16)37-12-17-19(34)25(4,26)23(39-17)33-13-28-18-20(32(5)6)29-24(27)30-21(18)33;1-9(2)27-18(25)10(3)24-29(26,28-11-7-5-4-6-8-11)17-15(22)13(20)12(19)14(21)16(17)23;1-13(14)8(22)6(4-21)23-11(13)20-5-16-7-9(19(2)3)17-12(15)18-10(7)20/h7-11,13-15,17,19,23,34H,12H2,1-6H3,(H,31,36)(H2,27,29,30);4-10H,1-3H3,(H,24,26);5-6,8,11,21-22H,4H2,1-3H3,(H2,15,17,18)/t15-,17+,19+,23+,25+,41+;10-,29-;6-,8-,11-,13-/m001/s1. The first-order valence-electron chi connectivity index (χ1n) is 28.3. The molecule has 12 atom stereocenters. The normalized spacial score (nSPS) is 23.1. The summed E-state index contributed by atoms with van der Waals surface area (Å²) < 4.78 is 168. The molecule has 7 aromatic rings. The zero-order valence-corrected chi connectivity index (χ0v) is 53.9. The molecule has 93 heavy (non-hydrogen) atoms. The minimum absolute atomic E-state index is 0.0146. The number of para-hydroxylation sites is 2. The van der Waals surface area contributed by atoms with Crippen molar-refractivity contribution in [3.8, 4) is 11.5 Å². The van der Waals surface area contributed by atoms with Crippen LogP contribution in [0.1, 0.15) is 67.8 Å². The summed E-state index contributed by atoms with van der Waals surface area (Å²) in [6.07, 6.45) is -6.40. The first-order chi connectivity index (χ1) is 43.5. The lowest BCUT2D eigenvalue weighted by molar-refractivity contribution is -0.149. The van der Waals surface area contributed by atoms with Crippen molar-refractivity contribution in [2.24, 2.45) is 0 Å². The van der Waals surface area contributed by atoms with E-state index in [0.717, 1.165) is 13.8 Å². The Morgan fingerprint density at radius 3 is 1.42 bits per heavy atom. The smallest absolute Gasteiger partial charge is 0.459 e. The highest BCUT2D eigenvalue weighted by Gasteiger charge is 2.57. The first kappa shape index (κ1) is 72.6. The summed E-state index contributed by atoms with van der Waals surface area (Å²) in [6.45, 7) is 10.3. The van der Waals surface area contributed by atoms with Gasteiger partial charge < -0.3 is 64.6 Å². The molecule has 0 spiro atoms. The van der Waals surface area contributed by atoms with Gasteiger partial charge >= 0.3 is 27.2 Å². The molecule has 28 nitrogen and oxygen atoms in total. The van der Waals surface area contributed by atoms with E-state index in [1.165, 1.54) is 73.7 Å². The van der Waals surface area contributed by atoms with Crippen molar-refractivity contribution in [3.05, 3.63) is 102 Å². The number of aliphatic hydroxyl groups excluding tert-OH is 3. The minimum Gasteiger partial charge on any atom is -0.462 e. The number of hydrogen-bond acceptors (Lipinski definition) is 24. The Hall–Kier alpha value is -7.85. The van der Waals surface area contributed by atoms with Crippen LogP contribution in [0.15, 0.2) is 73.3 Å². The fourth-order valence-corrected chi connectivity index (χ4v) is 12.8. The number of imidazole rings is 2. The maximum Gasteiger partial charge on any atom is 0.459 e. The summed E-state index contributed by atoms with van der Waals surface area (Å²) in [7, 11) is -2.29. The highest BCUT2D eigenvalue weighted by Crippen LogP contribution is 2.50. The van der Waals surface area contributed by atoms with Gasteiger partial charge in [0.2, 0.25) is 17.7 Å². The van der Waals surface area contributed by atoms with Crippen molar-refractivity contribution in [1.82, 2.24) is 49.2 Å². The zero-order valence-electron chi connectivity index (χ0n) is 52.1. The predicted octanol–water partition coefficient (Wildman–Crippen LogP) is 6.26. The number of aliphatic hydroxyl groups is 3. The summed E-state index contributed by atoms with van der Waals surface area (Å²) in [5.74, 6) is -12.5. The molecule has 0 aliphatic carbocycles. The number of nitrogens with two attached hydrogens (primary N) is 2. The zero-order chi connectivity index (χ0) is 69.0. The summed E-state index contributed by atoms with van der Waals surface area (Å²) >= 11 is 0. The van der Waals surface area contributed by atoms with Crippen LogP contribution in [-0.2, 0) is 42.2 Å². The van der Waals surface area contributed by atoms with Gasteiger partial charge in [0.15, 0.2) is 81.0 Å². The Labute approximate surface area is 527 Å². The number of halogens is 7. The molecule has 0 amide bonds. The third kappa shape index (κ3) is 16.0. The third-order valence-electron chi connectivity index (χ3n) is 13.8. The lowest BCUT2D eigenvalue weighted by Crippen LogP contribution is -2.41. The quantitative estimate of drug-likeness (QED) is 0.0137. The number of nitrogens with one attached hydrogen (secondary N) is 2. The van der Waals surface area contributed by atoms with E-state index in [2.05, 4.69) is 35.0 Å². The van der Waals surface area contributed by atoms with Crippen LogP contribution in [0.25, 0.3) is 22.3 Å². The number of hydrogen-bond donors (Lipinski definition) is 7. The highest BCUT2D eigenvalue weighted by molar-refractivity contribution is 7.65. The first-order valence-corrected chi connectivity index (χ1v) is 31.5. The van der Waals surface area contributed by atoms with E-state index in [1.807, 2.05) is 5.09 Å². The molecule has 2 aliphatic heterocycles. The molecule has 9 N–H and O–H groups in total. The second kappa shape index (κ2) is 29.2. The third-order valence-corrected chi connectivity index (χ3v) is 17.6. The number of nitrogens with zero attached hydrogens (tertiary/aromatic N) is 10. The minimum atomic E-state index is -5.04. The molecule has 9 rings (SSSR count). The van der Waals surface area contributed by atoms with E-state index in [0.29, 0.717) is 28.3 Å². The number of fused-ring (bicyclic) bond motifs is 2.